The van der Waals surface area contributed by atoms with E-state index >= 15 is 0 Å². The number of nitrogens with zero attached hydrogens (tertiary/aromatic N) is 6. The Balaban J connectivity index is 1.20. The molecule has 6 rings (SSSR count). The highest BCUT2D eigenvalue weighted by atomic mass is 16.5. The van der Waals surface area contributed by atoms with Crippen LogP contribution in [0.5, 0.6) is 5.75 Å². The summed E-state index contributed by atoms with van der Waals surface area (Å²) in [7, 11) is 1.91. The number of fused-ring (bicyclic) bond motifs is 2. The number of rotatable bonds is 4. The molecule has 3 aromatic heterocycles. The van der Waals surface area contributed by atoms with Gasteiger partial charge in [-0.15, -0.1) is 0 Å². The van der Waals surface area contributed by atoms with Crippen LogP contribution in [0.25, 0.3) is 11.1 Å². The van der Waals surface area contributed by atoms with Crippen molar-refractivity contribution in [2.24, 2.45) is 7.05 Å². The van der Waals surface area contributed by atoms with Crippen molar-refractivity contribution >= 4 is 17.4 Å². The quantitative estimate of drug-likeness (QED) is 0.603. The number of ether oxygens (including phenoxy) is 1. The first-order chi connectivity index (χ1) is 16.5. The Bertz CT molecular complexity index is 1290. The zero-order valence-electron chi connectivity index (χ0n) is 19.4. The van der Waals surface area contributed by atoms with Crippen molar-refractivity contribution in [3.63, 3.8) is 0 Å². The molecule has 0 atom stereocenters. The van der Waals surface area contributed by atoms with E-state index in [1.54, 1.807) is 4.68 Å². The van der Waals surface area contributed by atoms with Crippen LogP contribution in [-0.2, 0) is 18.4 Å². The minimum absolute atomic E-state index is 0.0167. The van der Waals surface area contributed by atoms with Gasteiger partial charge in [-0.05, 0) is 30.7 Å². The van der Waals surface area contributed by atoms with Crippen molar-refractivity contribution in [2.45, 2.75) is 25.5 Å². The van der Waals surface area contributed by atoms with Crippen LogP contribution in [0.3, 0.4) is 0 Å². The first kappa shape index (κ1) is 20.9. The average molecular weight is 458 g/mol. The molecular weight excluding hydrogens is 430 g/mol. The van der Waals surface area contributed by atoms with E-state index in [9.17, 15) is 4.79 Å². The van der Waals surface area contributed by atoms with Gasteiger partial charge in [0.15, 0.2) is 5.75 Å². The first-order valence-corrected chi connectivity index (χ1v) is 11.5. The molecule has 3 aliphatic rings. The molecule has 0 spiro atoms. The maximum absolute atomic E-state index is 11.7. The van der Waals surface area contributed by atoms with Crippen molar-refractivity contribution in [1.82, 2.24) is 29.5 Å². The molecule has 3 aliphatic heterocycles. The number of anilines is 2. The van der Waals surface area contributed by atoms with Gasteiger partial charge in [-0.2, -0.15) is 5.10 Å². The smallest absolute Gasteiger partial charge is 0.246 e. The van der Waals surface area contributed by atoms with E-state index in [4.69, 9.17) is 9.72 Å². The minimum Gasteiger partial charge on any atom is -0.485 e. The molecule has 0 saturated carbocycles. The Kier molecular flexibility index (Phi) is 4.88. The van der Waals surface area contributed by atoms with E-state index in [0.29, 0.717) is 18.6 Å². The average Bonchev–Trinajstić information content (AvgIpc) is 3.09. The molecule has 3 aromatic rings. The molecule has 9 heteroatoms. The Morgan fingerprint density at radius 2 is 2.12 bits per heavy atom. The topological polar surface area (TPSA) is 88.4 Å². The summed E-state index contributed by atoms with van der Waals surface area (Å²) in [5.74, 6) is 1.95. The van der Waals surface area contributed by atoms with Crippen molar-refractivity contribution in [1.29, 1.82) is 0 Å². The van der Waals surface area contributed by atoms with Crippen LogP contribution >= 0.6 is 0 Å². The third-order valence-corrected chi connectivity index (χ3v) is 7.04. The molecule has 0 bridgehead atoms. The fourth-order valence-corrected chi connectivity index (χ4v) is 5.01. The maximum atomic E-state index is 11.7. The van der Waals surface area contributed by atoms with E-state index in [2.05, 4.69) is 32.9 Å². The molecule has 0 aliphatic carbocycles. The van der Waals surface area contributed by atoms with Gasteiger partial charge >= 0.3 is 0 Å². The summed E-state index contributed by atoms with van der Waals surface area (Å²) in [5, 5.41) is 7.82. The largest absolute Gasteiger partial charge is 0.485 e. The summed E-state index contributed by atoms with van der Waals surface area (Å²) >= 11 is 0. The van der Waals surface area contributed by atoms with Gasteiger partial charge in [0, 0.05) is 74.4 Å². The number of carbonyl (C=O) groups excluding carboxylic acids is 1. The van der Waals surface area contributed by atoms with Crippen molar-refractivity contribution in [3.8, 4) is 16.9 Å². The standard InChI is InChI=1S/C25H27N7O2/c1-4-23(33)32-12-18(13-32)31-10-17(11-31)21-7-22-24(15(2)28-21)34-14-20-19(5-6-26-25(20)29-22)16-8-27-30(3)9-16/h4-9,17-18H,1,10-14H2,2-3H3,(H,26,29). The molecular formula is C25H27N7O2. The zero-order chi connectivity index (χ0) is 23.4. The van der Waals surface area contributed by atoms with E-state index in [1.165, 1.54) is 6.08 Å². The van der Waals surface area contributed by atoms with Crippen LogP contribution in [-0.4, -0.2) is 67.7 Å². The lowest BCUT2D eigenvalue weighted by Crippen LogP contribution is -2.65. The van der Waals surface area contributed by atoms with E-state index in [0.717, 1.165) is 71.5 Å². The van der Waals surface area contributed by atoms with Crippen LogP contribution in [0.1, 0.15) is 22.9 Å². The third-order valence-electron chi connectivity index (χ3n) is 7.04. The van der Waals surface area contributed by atoms with Gasteiger partial charge < -0.3 is 15.0 Å². The summed E-state index contributed by atoms with van der Waals surface area (Å²) in [5.41, 5.74) is 5.94. The predicted molar refractivity (Wildman–Crippen MR) is 128 cm³/mol. The van der Waals surface area contributed by atoms with Gasteiger partial charge in [-0.3, -0.25) is 19.4 Å². The molecule has 0 radical (unpaired) electrons. The highest BCUT2D eigenvalue weighted by Gasteiger charge is 2.41. The van der Waals surface area contributed by atoms with Crippen molar-refractivity contribution < 1.29 is 9.53 Å². The SMILES string of the molecule is C=CC(=O)N1CC(N2CC(c3cc4c(c(C)n3)OCc3c(-c5cnn(C)c5)ccnc3N4)C2)C1. The molecule has 1 N–H and O–H groups in total. The molecule has 0 aromatic carbocycles. The van der Waals surface area contributed by atoms with Crippen molar-refractivity contribution in [2.75, 3.05) is 31.5 Å². The number of aromatic nitrogens is 4. The van der Waals surface area contributed by atoms with Gasteiger partial charge in [-0.25, -0.2) is 4.98 Å². The third kappa shape index (κ3) is 3.43. The molecule has 174 valence electrons. The van der Waals surface area contributed by atoms with Crippen LogP contribution in [0.2, 0.25) is 0 Å². The summed E-state index contributed by atoms with van der Waals surface area (Å²) in [6.07, 6.45) is 7.06. The zero-order valence-corrected chi connectivity index (χ0v) is 19.4. The number of pyridine rings is 2. The highest BCUT2D eigenvalue weighted by Crippen LogP contribution is 2.40. The molecule has 6 heterocycles. The van der Waals surface area contributed by atoms with Crippen LogP contribution in [0, 0.1) is 6.92 Å². The van der Waals surface area contributed by atoms with E-state index < -0.39 is 0 Å². The number of amides is 1. The summed E-state index contributed by atoms with van der Waals surface area (Å²) in [6, 6.07) is 4.54. The number of nitrogens with one attached hydrogen (secondary N) is 1. The van der Waals surface area contributed by atoms with Crippen molar-refractivity contribution in [3.05, 3.63) is 60.3 Å². The molecule has 2 fully saturated rings. The Morgan fingerprint density at radius 1 is 1.29 bits per heavy atom. The maximum Gasteiger partial charge on any atom is 0.246 e. The van der Waals surface area contributed by atoms with Gasteiger partial charge in [0.05, 0.1) is 17.6 Å². The number of likely N-dealkylation sites (tertiary alicyclic amines) is 2. The second-order valence-electron chi connectivity index (χ2n) is 9.26. The van der Waals surface area contributed by atoms with Gasteiger partial charge in [0.1, 0.15) is 12.4 Å². The summed E-state index contributed by atoms with van der Waals surface area (Å²) < 4.78 is 8.04. The van der Waals surface area contributed by atoms with Crippen LogP contribution < -0.4 is 10.1 Å². The summed E-state index contributed by atoms with van der Waals surface area (Å²) in [6.45, 7) is 9.44. The predicted octanol–water partition coefficient (Wildman–Crippen LogP) is 2.62. The second-order valence-corrected chi connectivity index (χ2v) is 9.26. The fraction of sp³-hybridized carbons (Fsp3) is 0.360. The fourth-order valence-electron chi connectivity index (χ4n) is 5.01. The number of hydrogen-bond acceptors (Lipinski definition) is 7. The second kappa shape index (κ2) is 7.95. The minimum atomic E-state index is 0.0167. The van der Waals surface area contributed by atoms with Crippen LogP contribution in [0.15, 0.2) is 43.4 Å². The molecule has 34 heavy (non-hydrogen) atoms. The van der Waals surface area contributed by atoms with Gasteiger partial charge in [0.25, 0.3) is 0 Å². The molecule has 9 nitrogen and oxygen atoms in total. The Hall–Kier alpha value is -3.72. The molecule has 2 saturated heterocycles. The lowest BCUT2D eigenvalue weighted by atomic mass is 9.91. The van der Waals surface area contributed by atoms with Gasteiger partial charge in [0.2, 0.25) is 5.91 Å². The normalized spacial score (nSPS) is 18.0. The Morgan fingerprint density at radius 3 is 2.85 bits per heavy atom. The monoisotopic (exact) mass is 457 g/mol. The molecule has 1 amide bonds. The summed E-state index contributed by atoms with van der Waals surface area (Å²) in [4.78, 5) is 25.5. The first-order valence-electron chi connectivity index (χ1n) is 11.5. The lowest BCUT2D eigenvalue weighted by molar-refractivity contribution is -0.134. The number of aryl methyl sites for hydroxylation is 2. The Labute approximate surface area is 198 Å². The van der Waals surface area contributed by atoms with Crippen LogP contribution in [0.4, 0.5) is 11.5 Å². The lowest BCUT2D eigenvalue weighted by Gasteiger charge is -2.51. The molecule has 0 unspecified atom stereocenters. The highest BCUT2D eigenvalue weighted by molar-refractivity contribution is 5.87. The van der Waals surface area contributed by atoms with Gasteiger partial charge in [-0.1, -0.05) is 6.58 Å². The number of hydrogen-bond donors (Lipinski definition) is 1. The van der Waals surface area contributed by atoms with E-state index in [-0.39, 0.29) is 5.91 Å². The number of carbonyl (C=O) groups is 1. The van der Waals surface area contributed by atoms with E-state index in [1.807, 2.05) is 43.5 Å².